The van der Waals surface area contributed by atoms with Crippen LogP contribution in [0.4, 0.5) is 5.69 Å². The molecule has 0 bridgehead atoms. The summed E-state index contributed by atoms with van der Waals surface area (Å²) in [5, 5.41) is 5.78. The van der Waals surface area contributed by atoms with Gasteiger partial charge in [0.1, 0.15) is 0 Å². The highest BCUT2D eigenvalue weighted by Crippen LogP contribution is 2.19. The number of aryl methyl sites for hydroxylation is 1. The van der Waals surface area contributed by atoms with Crippen LogP contribution < -0.4 is 10.6 Å². The Balaban J connectivity index is 1.49. The zero-order chi connectivity index (χ0) is 19.9. The van der Waals surface area contributed by atoms with Crippen LogP contribution in [0.1, 0.15) is 52.7 Å². The Morgan fingerprint density at radius 1 is 1.18 bits per heavy atom. The number of nitrogens with zero attached hydrogens (tertiary/aromatic N) is 1. The number of benzene rings is 1. The van der Waals surface area contributed by atoms with E-state index < -0.39 is 0 Å². The van der Waals surface area contributed by atoms with E-state index in [2.05, 4.69) is 22.5 Å². The Hall–Kier alpha value is -2.60. The highest BCUT2D eigenvalue weighted by Gasteiger charge is 2.15. The summed E-state index contributed by atoms with van der Waals surface area (Å²) < 4.78 is 5.11. The van der Waals surface area contributed by atoms with Crippen molar-refractivity contribution in [3.05, 3.63) is 53.5 Å². The lowest BCUT2D eigenvalue weighted by Gasteiger charge is -2.30. The average molecular weight is 383 g/mol. The third-order valence-electron chi connectivity index (χ3n) is 5.31. The minimum atomic E-state index is -0.332. The molecular formula is C22H29N3O3. The second kappa shape index (κ2) is 9.55. The van der Waals surface area contributed by atoms with E-state index >= 15 is 0 Å². The summed E-state index contributed by atoms with van der Waals surface area (Å²) in [4.78, 5) is 27.1. The summed E-state index contributed by atoms with van der Waals surface area (Å²) in [5.74, 6) is 0.614. The largest absolute Gasteiger partial charge is 0.459 e. The molecule has 0 saturated carbocycles. The van der Waals surface area contributed by atoms with Crippen LogP contribution in [0.15, 0.2) is 41.0 Å². The number of likely N-dealkylation sites (tertiary alicyclic amines) is 1. The van der Waals surface area contributed by atoms with Gasteiger partial charge in [0, 0.05) is 17.8 Å². The van der Waals surface area contributed by atoms with Crippen LogP contribution in [0, 0.1) is 12.8 Å². The maximum absolute atomic E-state index is 12.5. The molecular weight excluding hydrogens is 354 g/mol. The molecule has 1 aliphatic rings. The number of nitrogens with one attached hydrogen (secondary N) is 2. The van der Waals surface area contributed by atoms with E-state index in [-0.39, 0.29) is 17.6 Å². The molecule has 28 heavy (non-hydrogen) atoms. The Kier molecular flexibility index (Phi) is 6.87. The molecule has 1 aromatic carbocycles. The van der Waals surface area contributed by atoms with Crippen molar-refractivity contribution in [1.82, 2.24) is 10.2 Å². The predicted octanol–water partition coefficient (Wildman–Crippen LogP) is 3.69. The summed E-state index contributed by atoms with van der Waals surface area (Å²) in [6.07, 6.45) is 4.93. The molecule has 0 aliphatic carbocycles. The van der Waals surface area contributed by atoms with E-state index in [1.54, 1.807) is 24.3 Å². The Bertz CT molecular complexity index is 793. The molecule has 0 spiro atoms. The SMILES string of the molecule is Cc1ccc(C(=O)NCCCN2CCC(C)CC2)cc1NC(=O)c1ccco1. The topological polar surface area (TPSA) is 74.6 Å². The summed E-state index contributed by atoms with van der Waals surface area (Å²) >= 11 is 0. The highest BCUT2D eigenvalue weighted by molar-refractivity contribution is 6.03. The van der Waals surface area contributed by atoms with Gasteiger partial charge in [0.25, 0.3) is 11.8 Å². The van der Waals surface area contributed by atoms with E-state index in [4.69, 9.17) is 4.42 Å². The van der Waals surface area contributed by atoms with Crippen molar-refractivity contribution in [1.29, 1.82) is 0 Å². The first-order chi connectivity index (χ1) is 13.5. The quantitative estimate of drug-likeness (QED) is 0.715. The molecule has 2 N–H and O–H groups in total. The van der Waals surface area contributed by atoms with Crippen molar-refractivity contribution in [2.45, 2.75) is 33.1 Å². The van der Waals surface area contributed by atoms with E-state index in [9.17, 15) is 9.59 Å². The van der Waals surface area contributed by atoms with Gasteiger partial charge in [-0.05, 0) is 81.6 Å². The van der Waals surface area contributed by atoms with Crippen molar-refractivity contribution >= 4 is 17.5 Å². The number of carbonyl (C=O) groups excluding carboxylic acids is 2. The van der Waals surface area contributed by atoms with E-state index in [0.29, 0.717) is 17.8 Å². The Morgan fingerprint density at radius 3 is 2.68 bits per heavy atom. The fourth-order valence-corrected chi connectivity index (χ4v) is 3.38. The summed E-state index contributed by atoms with van der Waals surface area (Å²) in [7, 11) is 0. The Morgan fingerprint density at radius 2 is 1.96 bits per heavy atom. The van der Waals surface area contributed by atoms with Crippen LogP contribution in [0.2, 0.25) is 0 Å². The fraction of sp³-hybridized carbons (Fsp3) is 0.455. The molecule has 2 amide bonds. The second-order valence-corrected chi connectivity index (χ2v) is 7.59. The molecule has 1 aromatic heterocycles. The van der Waals surface area contributed by atoms with Crippen LogP contribution in [-0.4, -0.2) is 42.9 Å². The molecule has 0 radical (unpaired) electrons. The normalized spacial score (nSPS) is 15.4. The zero-order valence-electron chi connectivity index (χ0n) is 16.7. The highest BCUT2D eigenvalue weighted by atomic mass is 16.3. The molecule has 0 atom stereocenters. The molecule has 1 fully saturated rings. The van der Waals surface area contributed by atoms with Crippen LogP contribution in [0.5, 0.6) is 0 Å². The number of furan rings is 1. The minimum absolute atomic E-state index is 0.124. The smallest absolute Gasteiger partial charge is 0.291 e. The maximum Gasteiger partial charge on any atom is 0.291 e. The standard InChI is InChI=1S/C22H29N3O3/c1-16-8-12-25(13-9-16)11-4-10-23-21(26)18-7-6-17(2)19(15-18)24-22(27)20-5-3-14-28-20/h3,5-7,14-16H,4,8-13H2,1-2H3,(H,23,26)(H,24,27). The van der Waals surface area contributed by atoms with Crippen LogP contribution in [0.3, 0.4) is 0 Å². The van der Waals surface area contributed by atoms with Crippen molar-refractivity contribution in [2.24, 2.45) is 5.92 Å². The van der Waals surface area contributed by atoms with Crippen molar-refractivity contribution in [2.75, 3.05) is 31.5 Å². The maximum atomic E-state index is 12.5. The molecule has 2 aromatic rings. The van der Waals surface area contributed by atoms with E-state index in [1.165, 1.54) is 19.1 Å². The number of hydrogen-bond donors (Lipinski definition) is 2. The molecule has 1 aliphatic heterocycles. The molecule has 0 unspecified atom stereocenters. The molecule has 150 valence electrons. The monoisotopic (exact) mass is 383 g/mol. The first-order valence-corrected chi connectivity index (χ1v) is 9.99. The van der Waals surface area contributed by atoms with Gasteiger partial charge in [-0.1, -0.05) is 13.0 Å². The second-order valence-electron chi connectivity index (χ2n) is 7.59. The molecule has 6 nitrogen and oxygen atoms in total. The van der Waals surface area contributed by atoms with Gasteiger partial charge in [-0.3, -0.25) is 9.59 Å². The van der Waals surface area contributed by atoms with Crippen molar-refractivity contribution < 1.29 is 14.0 Å². The zero-order valence-corrected chi connectivity index (χ0v) is 16.7. The third-order valence-corrected chi connectivity index (χ3v) is 5.31. The van der Waals surface area contributed by atoms with Gasteiger partial charge in [0.2, 0.25) is 0 Å². The number of piperidine rings is 1. The van der Waals surface area contributed by atoms with Crippen molar-refractivity contribution in [3.8, 4) is 0 Å². The third kappa shape index (κ3) is 5.45. The van der Waals surface area contributed by atoms with Crippen LogP contribution in [-0.2, 0) is 0 Å². The number of amides is 2. The summed E-state index contributed by atoms with van der Waals surface area (Å²) in [6, 6.07) is 8.58. The number of hydrogen-bond acceptors (Lipinski definition) is 4. The predicted molar refractivity (Wildman–Crippen MR) is 110 cm³/mol. The van der Waals surface area contributed by atoms with Crippen LogP contribution in [0.25, 0.3) is 0 Å². The molecule has 3 rings (SSSR count). The first kappa shape index (κ1) is 20.1. The lowest BCUT2D eigenvalue weighted by Crippen LogP contribution is -2.35. The van der Waals surface area contributed by atoms with E-state index in [1.807, 2.05) is 13.0 Å². The van der Waals surface area contributed by atoms with Gasteiger partial charge in [-0.2, -0.15) is 0 Å². The van der Waals surface area contributed by atoms with Gasteiger partial charge >= 0.3 is 0 Å². The average Bonchev–Trinajstić information content (AvgIpc) is 3.23. The molecule has 2 heterocycles. The number of carbonyl (C=O) groups is 2. The minimum Gasteiger partial charge on any atom is -0.459 e. The van der Waals surface area contributed by atoms with Gasteiger partial charge in [-0.25, -0.2) is 0 Å². The summed E-state index contributed by atoms with van der Waals surface area (Å²) in [6.45, 7) is 8.18. The van der Waals surface area contributed by atoms with E-state index in [0.717, 1.165) is 37.5 Å². The first-order valence-electron chi connectivity index (χ1n) is 9.99. The lowest BCUT2D eigenvalue weighted by molar-refractivity contribution is 0.0948. The fourth-order valence-electron chi connectivity index (χ4n) is 3.38. The van der Waals surface area contributed by atoms with Crippen LogP contribution >= 0.6 is 0 Å². The number of anilines is 1. The van der Waals surface area contributed by atoms with Gasteiger partial charge in [-0.15, -0.1) is 0 Å². The van der Waals surface area contributed by atoms with Gasteiger partial charge in [0.15, 0.2) is 5.76 Å². The Labute approximate surface area is 166 Å². The molecule has 1 saturated heterocycles. The van der Waals surface area contributed by atoms with Gasteiger partial charge in [0.05, 0.1) is 6.26 Å². The number of rotatable bonds is 7. The lowest BCUT2D eigenvalue weighted by atomic mass is 9.99. The molecule has 6 heteroatoms. The summed E-state index contributed by atoms with van der Waals surface area (Å²) in [5.41, 5.74) is 2.03. The van der Waals surface area contributed by atoms with Crippen molar-refractivity contribution in [3.63, 3.8) is 0 Å². The van der Waals surface area contributed by atoms with Gasteiger partial charge < -0.3 is 20.0 Å².